The van der Waals surface area contributed by atoms with Crippen molar-refractivity contribution in [2.24, 2.45) is 0 Å². The summed E-state index contributed by atoms with van der Waals surface area (Å²) in [5, 5.41) is 19.3. The van der Waals surface area contributed by atoms with Crippen molar-refractivity contribution < 1.29 is 65.7 Å². The van der Waals surface area contributed by atoms with Gasteiger partial charge < -0.3 is 14.8 Å². The van der Waals surface area contributed by atoms with Gasteiger partial charge in [0, 0.05) is 0 Å². The van der Waals surface area contributed by atoms with Crippen molar-refractivity contribution in [3.05, 3.63) is 23.8 Å². The number of carboxylic acids is 1. The summed E-state index contributed by atoms with van der Waals surface area (Å²) >= 11 is 0. The van der Waals surface area contributed by atoms with Crippen LogP contribution in [0.4, 0.5) is 0 Å². The minimum absolute atomic E-state index is 0. The van der Waals surface area contributed by atoms with Crippen LogP contribution >= 0.6 is 0 Å². The summed E-state index contributed by atoms with van der Waals surface area (Å²) in [5.74, 6) is -2.41. The first kappa shape index (κ1) is 18.0. The molecule has 0 aromatic heterocycles. The Morgan fingerprint density at radius 3 is 2.12 bits per heavy atom. The van der Waals surface area contributed by atoms with Gasteiger partial charge in [0.05, 0.1) is 10.5 Å². The Bertz CT molecular complexity index is 484. The van der Waals surface area contributed by atoms with Crippen LogP contribution in [-0.2, 0) is 10.1 Å². The first-order chi connectivity index (χ1) is 6.32. The molecule has 6 nitrogen and oxygen atoms in total. The molecule has 0 aliphatic heterocycles. The van der Waals surface area contributed by atoms with E-state index in [2.05, 4.69) is 0 Å². The molecule has 9 heteroatoms. The standard InChI is InChI=1S/C7H6O6S.2Li/c8-6-2-1-4(14(11,12)13)3-5(6)7(9)10;;/h1-3,8H,(H,9,10)(H,11,12,13);;/q;2*+1/p-2. The maximum Gasteiger partial charge on any atom is 1.00 e. The average molecular weight is 230 g/mol. The summed E-state index contributed by atoms with van der Waals surface area (Å²) in [6, 6.07) is 2.05. The van der Waals surface area contributed by atoms with Crippen LogP contribution in [0.2, 0.25) is 0 Å². The predicted octanol–water partition coefficient (Wildman–Crippen LogP) is -6.63. The van der Waals surface area contributed by atoms with Crippen LogP contribution in [0.3, 0.4) is 0 Å². The van der Waals surface area contributed by atoms with Crippen molar-refractivity contribution >= 4 is 16.1 Å². The van der Waals surface area contributed by atoms with E-state index in [0.29, 0.717) is 6.07 Å². The molecular formula is C7H4Li2O6S. The summed E-state index contributed by atoms with van der Waals surface area (Å²) in [5.41, 5.74) is -0.734. The molecule has 0 atom stereocenters. The first-order valence-corrected chi connectivity index (χ1v) is 4.73. The van der Waals surface area contributed by atoms with Crippen molar-refractivity contribution in [2.75, 3.05) is 0 Å². The fourth-order valence-electron chi connectivity index (χ4n) is 0.832. The van der Waals surface area contributed by atoms with E-state index in [-0.39, 0.29) is 37.7 Å². The Hall–Kier alpha value is -0.405. The topological polar surface area (TPSA) is 118 Å². The third kappa shape index (κ3) is 4.22. The molecule has 1 rings (SSSR count). The third-order valence-corrected chi connectivity index (χ3v) is 2.30. The van der Waals surface area contributed by atoms with Gasteiger partial charge in [0.25, 0.3) is 0 Å². The van der Waals surface area contributed by atoms with Gasteiger partial charge in [-0.15, -0.1) is 0 Å². The monoisotopic (exact) mass is 230 g/mol. The summed E-state index contributed by atoms with van der Waals surface area (Å²) in [4.78, 5) is 9.68. The fourth-order valence-corrected chi connectivity index (χ4v) is 1.33. The second-order valence-electron chi connectivity index (χ2n) is 2.42. The quantitative estimate of drug-likeness (QED) is 0.398. The Balaban J connectivity index is 0. The van der Waals surface area contributed by atoms with Crippen LogP contribution in [0, 0.1) is 0 Å². The number of rotatable bonds is 2. The molecule has 0 fully saturated rings. The molecule has 1 N–H and O–H groups in total. The van der Waals surface area contributed by atoms with Crippen molar-refractivity contribution in [1.29, 1.82) is 0 Å². The molecule has 0 amide bonds. The van der Waals surface area contributed by atoms with E-state index in [4.69, 9.17) is 5.11 Å². The van der Waals surface area contributed by atoms with Gasteiger partial charge in [-0.3, -0.25) is 0 Å². The molecule has 0 radical (unpaired) electrons. The second-order valence-corrected chi connectivity index (χ2v) is 3.80. The average Bonchev–Trinajstić information content (AvgIpc) is 2.02. The van der Waals surface area contributed by atoms with Crippen LogP contribution in [-0.4, -0.2) is 24.0 Å². The normalized spacial score (nSPS) is 9.81. The SMILES string of the molecule is O=C(O)c1cc(S(=O)(=O)[O-])ccc1[O-].[Li+].[Li+]. The van der Waals surface area contributed by atoms with Crippen molar-refractivity contribution in [3.8, 4) is 5.75 Å². The minimum atomic E-state index is -4.73. The molecule has 1 aromatic carbocycles. The number of carboxylic acid groups (broad SMARTS) is 1. The van der Waals surface area contributed by atoms with E-state index >= 15 is 0 Å². The third-order valence-electron chi connectivity index (χ3n) is 1.47. The molecular weight excluding hydrogens is 226 g/mol. The van der Waals surface area contributed by atoms with E-state index in [0.717, 1.165) is 12.1 Å². The number of hydrogen-bond acceptors (Lipinski definition) is 5. The van der Waals surface area contributed by atoms with Crippen LogP contribution in [0.1, 0.15) is 10.4 Å². The molecule has 1 aromatic rings. The number of carbonyl (C=O) groups is 1. The van der Waals surface area contributed by atoms with Gasteiger partial charge in [0.15, 0.2) is 0 Å². The molecule has 0 saturated heterocycles. The molecule has 0 saturated carbocycles. The van der Waals surface area contributed by atoms with Crippen molar-refractivity contribution in [1.82, 2.24) is 0 Å². The van der Waals surface area contributed by atoms with Gasteiger partial charge in [-0.25, -0.2) is 13.2 Å². The zero-order valence-corrected chi connectivity index (χ0v) is 9.45. The molecule has 0 unspecified atom stereocenters. The Morgan fingerprint density at radius 1 is 1.25 bits per heavy atom. The van der Waals surface area contributed by atoms with Gasteiger partial charge in [-0.2, -0.15) is 0 Å². The molecule has 0 bridgehead atoms. The van der Waals surface area contributed by atoms with Crippen molar-refractivity contribution in [2.45, 2.75) is 4.90 Å². The van der Waals surface area contributed by atoms with Crippen LogP contribution in [0.25, 0.3) is 0 Å². The maximum atomic E-state index is 10.9. The second kappa shape index (κ2) is 6.36. The van der Waals surface area contributed by atoms with Gasteiger partial charge in [0.1, 0.15) is 10.1 Å². The van der Waals surface area contributed by atoms with Gasteiger partial charge >= 0.3 is 43.7 Å². The zero-order valence-electron chi connectivity index (χ0n) is 8.63. The Morgan fingerprint density at radius 2 is 1.75 bits per heavy atom. The largest absolute Gasteiger partial charge is 1.00 e. The van der Waals surface area contributed by atoms with Crippen molar-refractivity contribution in [3.63, 3.8) is 0 Å². The summed E-state index contributed by atoms with van der Waals surface area (Å²) in [6.07, 6.45) is 0. The summed E-state index contributed by atoms with van der Waals surface area (Å²) < 4.78 is 31.4. The molecule has 16 heavy (non-hydrogen) atoms. The minimum Gasteiger partial charge on any atom is -0.872 e. The fraction of sp³-hybridized carbons (Fsp3) is 0. The van der Waals surface area contributed by atoms with E-state index in [9.17, 15) is 22.9 Å². The predicted molar refractivity (Wildman–Crippen MR) is 40.8 cm³/mol. The van der Waals surface area contributed by atoms with E-state index in [1.165, 1.54) is 0 Å². The number of benzene rings is 1. The Labute approximate surface area is 116 Å². The zero-order chi connectivity index (χ0) is 10.9. The molecule has 76 valence electrons. The van der Waals surface area contributed by atoms with Crippen LogP contribution in [0.15, 0.2) is 23.1 Å². The van der Waals surface area contributed by atoms with E-state index < -0.39 is 32.3 Å². The van der Waals surface area contributed by atoms with E-state index in [1.54, 1.807) is 0 Å². The number of hydrogen-bond donors (Lipinski definition) is 1. The Kier molecular flexibility index (Phi) is 7.14. The van der Waals surface area contributed by atoms with E-state index in [1.807, 2.05) is 0 Å². The molecule has 0 heterocycles. The summed E-state index contributed by atoms with van der Waals surface area (Å²) in [6.45, 7) is 0. The smallest absolute Gasteiger partial charge is 0.872 e. The van der Waals surface area contributed by atoms with Gasteiger partial charge in [-0.1, -0.05) is 11.8 Å². The van der Waals surface area contributed by atoms with Crippen LogP contribution < -0.4 is 42.8 Å². The van der Waals surface area contributed by atoms with Gasteiger partial charge in [-0.05, 0) is 12.1 Å². The molecule has 0 spiro atoms. The maximum absolute atomic E-state index is 10.9. The summed E-state index contributed by atoms with van der Waals surface area (Å²) in [7, 11) is -4.73. The molecule has 0 aliphatic rings. The van der Waals surface area contributed by atoms with Gasteiger partial charge in [0.2, 0.25) is 0 Å². The number of aromatic carboxylic acids is 1. The van der Waals surface area contributed by atoms with Crippen LogP contribution in [0.5, 0.6) is 5.75 Å². The molecule has 0 aliphatic carbocycles. The first-order valence-electron chi connectivity index (χ1n) is 3.32.